The van der Waals surface area contributed by atoms with E-state index in [1.165, 1.54) is 0 Å². The van der Waals surface area contributed by atoms with Crippen molar-refractivity contribution < 1.29 is 19.2 Å². The van der Waals surface area contributed by atoms with Crippen molar-refractivity contribution in [1.29, 1.82) is 0 Å². The number of carboxylic acid groups (broad SMARTS) is 1. The minimum atomic E-state index is -1.27. The van der Waals surface area contributed by atoms with Crippen molar-refractivity contribution in [2.24, 2.45) is 0 Å². The van der Waals surface area contributed by atoms with Gasteiger partial charge in [-0.05, 0) is 6.42 Å². The molecule has 0 saturated carbocycles. The molecule has 0 radical (unpaired) electrons. The number of hydrogen-bond donors (Lipinski definition) is 2. The summed E-state index contributed by atoms with van der Waals surface area (Å²) in [5, 5.41) is 14.6. The van der Waals surface area contributed by atoms with Crippen molar-refractivity contribution >= 4 is 11.9 Å². The summed E-state index contributed by atoms with van der Waals surface area (Å²) in [6.45, 7) is 1.88. The second-order valence-corrected chi connectivity index (χ2v) is 3.37. The highest BCUT2D eigenvalue weighted by Gasteiger charge is 2.18. The van der Waals surface area contributed by atoms with Crippen LogP contribution in [0, 0.1) is 12.3 Å². The first-order valence-corrected chi connectivity index (χ1v) is 5.02. The number of hydrogen-bond acceptors (Lipinski definition) is 4. The Balaban J connectivity index is 2.69. The highest BCUT2D eigenvalue weighted by atomic mass is 16.5. The lowest BCUT2D eigenvalue weighted by molar-refractivity contribution is 0.0651. The Morgan fingerprint density at radius 3 is 2.88 bits per heavy atom. The van der Waals surface area contributed by atoms with Gasteiger partial charge < -0.3 is 14.9 Å². The Labute approximate surface area is 98.0 Å². The fourth-order valence-electron chi connectivity index (χ4n) is 1.18. The van der Waals surface area contributed by atoms with E-state index in [2.05, 4.69) is 20.9 Å². The summed E-state index contributed by atoms with van der Waals surface area (Å²) in [4.78, 5) is 22.2. The molecule has 0 spiro atoms. The molecule has 1 atom stereocenters. The van der Waals surface area contributed by atoms with Crippen LogP contribution in [0.4, 0.5) is 0 Å². The highest BCUT2D eigenvalue weighted by Crippen LogP contribution is 2.05. The molecular formula is C11H12N2O4. The van der Waals surface area contributed by atoms with Crippen LogP contribution in [-0.4, -0.2) is 28.2 Å². The molecule has 2 N–H and O–H groups in total. The van der Waals surface area contributed by atoms with Crippen molar-refractivity contribution in [3.05, 3.63) is 17.5 Å². The van der Waals surface area contributed by atoms with E-state index < -0.39 is 11.9 Å². The third kappa shape index (κ3) is 3.34. The zero-order valence-corrected chi connectivity index (χ0v) is 9.27. The molecule has 0 aliphatic carbocycles. The van der Waals surface area contributed by atoms with Gasteiger partial charge in [0, 0.05) is 18.5 Å². The van der Waals surface area contributed by atoms with Crippen LogP contribution in [0.25, 0.3) is 0 Å². The molecule has 1 heterocycles. The molecule has 1 unspecified atom stereocenters. The maximum absolute atomic E-state index is 11.6. The smallest absolute Gasteiger partial charge is 0.374 e. The number of aromatic carboxylic acids is 1. The molecule has 1 rings (SSSR count). The second kappa shape index (κ2) is 5.70. The molecule has 1 aromatic heterocycles. The maximum Gasteiger partial charge on any atom is 0.374 e. The van der Waals surface area contributed by atoms with Gasteiger partial charge in [0.1, 0.15) is 0 Å². The minimum absolute atomic E-state index is 0.0714. The van der Waals surface area contributed by atoms with Gasteiger partial charge in [-0.1, -0.05) is 12.1 Å². The summed E-state index contributed by atoms with van der Waals surface area (Å²) in [5.74, 6) is 0.303. The normalized spacial score (nSPS) is 11.5. The van der Waals surface area contributed by atoms with Gasteiger partial charge >= 0.3 is 5.97 Å². The van der Waals surface area contributed by atoms with E-state index in [9.17, 15) is 9.59 Å². The van der Waals surface area contributed by atoms with Gasteiger partial charge in [0.15, 0.2) is 5.69 Å². The number of carbonyl (C=O) groups excluding carboxylic acids is 1. The average molecular weight is 236 g/mol. The first kappa shape index (κ1) is 12.8. The average Bonchev–Trinajstić information content (AvgIpc) is 2.77. The molecule has 0 aliphatic rings. The number of rotatable bonds is 5. The molecule has 6 heteroatoms. The molecule has 90 valence electrons. The third-order valence-corrected chi connectivity index (χ3v) is 2.15. The number of carbonyl (C=O) groups is 2. The van der Waals surface area contributed by atoms with Crippen LogP contribution in [0.15, 0.2) is 10.6 Å². The van der Waals surface area contributed by atoms with Crippen molar-refractivity contribution in [3.63, 3.8) is 0 Å². The predicted molar refractivity (Wildman–Crippen MR) is 58.5 cm³/mol. The molecule has 6 nitrogen and oxygen atoms in total. The van der Waals surface area contributed by atoms with Gasteiger partial charge in [0.2, 0.25) is 5.76 Å². The Hall–Kier alpha value is -2.29. The van der Waals surface area contributed by atoms with Gasteiger partial charge in [-0.15, -0.1) is 12.3 Å². The van der Waals surface area contributed by atoms with Crippen molar-refractivity contribution in [1.82, 2.24) is 10.5 Å². The Morgan fingerprint density at radius 2 is 2.41 bits per heavy atom. The van der Waals surface area contributed by atoms with Crippen molar-refractivity contribution in [2.75, 3.05) is 0 Å². The number of terminal acetylenes is 1. The summed E-state index contributed by atoms with van der Waals surface area (Å²) in [5.41, 5.74) is -0.0714. The molecule has 0 bridgehead atoms. The number of aromatic nitrogens is 1. The van der Waals surface area contributed by atoms with Gasteiger partial charge in [-0.2, -0.15) is 0 Å². The number of nitrogens with one attached hydrogen (secondary N) is 1. The van der Waals surface area contributed by atoms with E-state index >= 15 is 0 Å². The summed E-state index contributed by atoms with van der Waals surface area (Å²) in [7, 11) is 0. The molecule has 1 amide bonds. The summed E-state index contributed by atoms with van der Waals surface area (Å²) >= 11 is 0. The zero-order chi connectivity index (χ0) is 12.8. The maximum atomic E-state index is 11.6. The third-order valence-electron chi connectivity index (χ3n) is 2.15. The van der Waals surface area contributed by atoms with Gasteiger partial charge in [-0.25, -0.2) is 4.79 Å². The lowest BCUT2D eigenvalue weighted by atomic mass is 10.1. The van der Waals surface area contributed by atoms with Crippen molar-refractivity contribution in [2.45, 2.75) is 25.8 Å². The van der Waals surface area contributed by atoms with Crippen LogP contribution in [-0.2, 0) is 0 Å². The summed E-state index contributed by atoms with van der Waals surface area (Å²) in [6.07, 6.45) is 6.24. The van der Waals surface area contributed by atoms with E-state index in [1.807, 2.05) is 6.92 Å². The van der Waals surface area contributed by atoms with Crippen LogP contribution in [0.1, 0.15) is 40.8 Å². The molecule has 0 aliphatic heterocycles. The minimum Gasteiger partial charge on any atom is -0.475 e. The number of carboxylic acids is 1. The number of amides is 1. The van der Waals surface area contributed by atoms with Crippen LogP contribution in [0.5, 0.6) is 0 Å². The van der Waals surface area contributed by atoms with Crippen LogP contribution >= 0.6 is 0 Å². The fraction of sp³-hybridized carbons (Fsp3) is 0.364. The largest absolute Gasteiger partial charge is 0.475 e. The second-order valence-electron chi connectivity index (χ2n) is 3.37. The number of nitrogens with zero attached hydrogens (tertiary/aromatic N) is 1. The molecular weight excluding hydrogens is 224 g/mol. The Bertz CT molecular complexity index is 458. The van der Waals surface area contributed by atoms with Gasteiger partial charge in [0.05, 0.1) is 0 Å². The zero-order valence-electron chi connectivity index (χ0n) is 9.27. The van der Waals surface area contributed by atoms with Crippen molar-refractivity contribution in [3.8, 4) is 12.3 Å². The summed E-state index contributed by atoms with van der Waals surface area (Å²) in [6, 6.07) is 0.915. The van der Waals surface area contributed by atoms with E-state index in [4.69, 9.17) is 11.5 Å². The first-order chi connectivity index (χ1) is 8.08. The van der Waals surface area contributed by atoms with Gasteiger partial charge in [-0.3, -0.25) is 4.79 Å². The molecule has 0 saturated heterocycles. The highest BCUT2D eigenvalue weighted by molar-refractivity contribution is 5.94. The van der Waals surface area contributed by atoms with Crippen LogP contribution in [0.2, 0.25) is 0 Å². The lowest BCUT2D eigenvalue weighted by Gasteiger charge is -2.12. The van der Waals surface area contributed by atoms with E-state index in [0.29, 0.717) is 12.8 Å². The first-order valence-electron chi connectivity index (χ1n) is 5.02. The van der Waals surface area contributed by atoms with E-state index in [1.54, 1.807) is 0 Å². The molecule has 0 fully saturated rings. The topological polar surface area (TPSA) is 92.4 Å². The lowest BCUT2D eigenvalue weighted by Crippen LogP contribution is -2.34. The SMILES string of the molecule is C#CCC(CC)NC(=O)c1cc(C(=O)O)on1. The van der Waals surface area contributed by atoms with E-state index in [-0.39, 0.29) is 17.5 Å². The van der Waals surface area contributed by atoms with E-state index in [0.717, 1.165) is 6.07 Å². The predicted octanol–water partition coefficient (Wildman–Crippen LogP) is 0.905. The van der Waals surface area contributed by atoms with Crippen LogP contribution in [0.3, 0.4) is 0 Å². The Morgan fingerprint density at radius 1 is 1.71 bits per heavy atom. The fourth-order valence-corrected chi connectivity index (χ4v) is 1.18. The standard InChI is InChI=1S/C11H12N2O4/c1-3-5-7(4-2)12-10(14)8-6-9(11(15)16)17-13-8/h1,6-7H,4-5H2,2H3,(H,12,14)(H,15,16). The quantitative estimate of drug-likeness (QED) is 0.741. The summed E-state index contributed by atoms with van der Waals surface area (Å²) < 4.78 is 4.47. The monoisotopic (exact) mass is 236 g/mol. The Kier molecular flexibility index (Phi) is 4.29. The molecule has 17 heavy (non-hydrogen) atoms. The molecule has 0 aromatic carbocycles. The van der Waals surface area contributed by atoms with Crippen LogP contribution < -0.4 is 5.32 Å². The molecule has 1 aromatic rings. The van der Waals surface area contributed by atoms with Gasteiger partial charge in [0.25, 0.3) is 5.91 Å².